The molecule has 2 aromatic rings. The maximum atomic E-state index is 12.2. The van der Waals surface area contributed by atoms with E-state index >= 15 is 0 Å². The van der Waals surface area contributed by atoms with Crippen molar-refractivity contribution in [3.8, 4) is 0 Å². The van der Waals surface area contributed by atoms with Gasteiger partial charge >= 0.3 is 6.03 Å². The van der Waals surface area contributed by atoms with Gasteiger partial charge in [-0.2, -0.15) is 0 Å². The number of aryl methyl sites for hydroxylation is 2. The fourth-order valence-corrected chi connectivity index (χ4v) is 2.33. The Morgan fingerprint density at radius 2 is 1.95 bits per heavy atom. The summed E-state index contributed by atoms with van der Waals surface area (Å²) in [6, 6.07) is 13.2. The van der Waals surface area contributed by atoms with Crippen LogP contribution < -0.4 is 5.32 Å². The molecule has 0 spiro atoms. The molecule has 1 N–H and O–H groups in total. The molecule has 0 aliphatic rings. The maximum Gasteiger partial charge on any atom is 0.321 e. The van der Waals surface area contributed by atoms with Gasteiger partial charge in [0.2, 0.25) is 0 Å². The molecule has 2 rings (SSSR count). The highest BCUT2D eigenvalue weighted by molar-refractivity contribution is 6.30. The zero-order chi connectivity index (χ0) is 15.4. The highest BCUT2D eigenvalue weighted by Gasteiger charge is 2.10. The number of hydrogen-bond acceptors (Lipinski definition) is 1. The van der Waals surface area contributed by atoms with Crippen LogP contribution in [0.4, 0.5) is 10.5 Å². The molecule has 2 aromatic carbocycles. The third-order valence-electron chi connectivity index (χ3n) is 3.33. The molecular weight excluding hydrogens is 284 g/mol. The van der Waals surface area contributed by atoms with Crippen molar-refractivity contribution in [3.05, 3.63) is 64.2 Å². The molecule has 0 heterocycles. The molecule has 0 aliphatic heterocycles. The molecule has 0 saturated carbocycles. The Bertz CT molecular complexity index is 655. The third kappa shape index (κ3) is 4.23. The third-order valence-corrected chi connectivity index (χ3v) is 3.56. The number of halogens is 1. The summed E-state index contributed by atoms with van der Waals surface area (Å²) in [7, 11) is 1.78. The number of nitrogens with zero attached hydrogens (tertiary/aromatic N) is 1. The van der Waals surface area contributed by atoms with E-state index in [0.29, 0.717) is 17.3 Å². The van der Waals surface area contributed by atoms with Crippen LogP contribution in [-0.2, 0) is 6.54 Å². The number of carbonyl (C=O) groups is 1. The summed E-state index contributed by atoms with van der Waals surface area (Å²) >= 11 is 5.91. The molecule has 3 nitrogen and oxygen atoms in total. The Hall–Kier alpha value is -2.00. The number of amides is 2. The fraction of sp³-hybridized carbons (Fsp3) is 0.235. The van der Waals surface area contributed by atoms with Crippen LogP contribution in [0.5, 0.6) is 0 Å². The molecular formula is C17H19ClN2O. The molecule has 0 saturated heterocycles. The number of rotatable bonds is 3. The van der Waals surface area contributed by atoms with Gasteiger partial charge in [0.15, 0.2) is 0 Å². The zero-order valence-electron chi connectivity index (χ0n) is 12.5. The van der Waals surface area contributed by atoms with Crippen LogP contribution in [0.2, 0.25) is 5.02 Å². The van der Waals surface area contributed by atoms with Crippen LogP contribution in [-0.4, -0.2) is 18.0 Å². The molecule has 2 amide bonds. The van der Waals surface area contributed by atoms with Gasteiger partial charge in [-0.25, -0.2) is 4.79 Å². The first-order chi connectivity index (χ1) is 9.95. The van der Waals surface area contributed by atoms with Gasteiger partial charge < -0.3 is 10.2 Å². The largest absolute Gasteiger partial charge is 0.323 e. The van der Waals surface area contributed by atoms with Gasteiger partial charge in [-0.3, -0.25) is 0 Å². The number of hydrogen-bond donors (Lipinski definition) is 1. The molecule has 4 heteroatoms. The maximum absolute atomic E-state index is 12.2. The van der Waals surface area contributed by atoms with E-state index in [0.717, 1.165) is 5.56 Å². The lowest BCUT2D eigenvalue weighted by Gasteiger charge is -2.19. The first kappa shape index (κ1) is 15.4. The number of benzene rings is 2. The lowest BCUT2D eigenvalue weighted by molar-refractivity contribution is 0.220. The van der Waals surface area contributed by atoms with Crippen LogP contribution in [0, 0.1) is 13.8 Å². The normalized spacial score (nSPS) is 10.3. The van der Waals surface area contributed by atoms with Crippen molar-refractivity contribution in [2.75, 3.05) is 12.4 Å². The molecule has 0 atom stereocenters. The Morgan fingerprint density at radius 1 is 1.19 bits per heavy atom. The number of carbonyl (C=O) groups excluding carboxylic acids is 1. The summed E-state index contributed by atoms with van der Waals surface area (Å²) in [6.07, 6.45) is 0. The van der Waals surface area contributed by atoms with Crippen LogP contribution in [0.3, 0.4) is 0 Å². The molecule has 0 bridgehead atoms. The Morgan fingerprint density at radius 3 is 2.62 bits per heavy atom. The lowest BCUT2D eigenvalue weighted by atomic mass is 10.1. The Labute approximate surface area is 130 Å². The van der Waals surface area contributed by atoms with E-state index in [4.69, 9.17) is 11.6 Å². The standard InChI is InChI=1S/C17H19ClN2O/c1-12-7-8-14(13(2)9-12)11-20(3)17(21)19-16-6-4-5-15(18)10-16/h4-10H,11H2,1-3H3,(H,19,21). The van der Waals surface area contributed by atoms with Gasteiger partial charge in [0, 0.05) is 24.3 Å². The molecule has 110 valence electrons. The van der Waals surface area contributed by atoms with E-state index in [2.05, 4.69) is 37.4 Å². The van der Waals surface area contributed by atoms with Gasteiger partial charge in [0.05, 0.1) is 0 Å². The van der Waals surface area contributed by atoms with Crippen LogP contribution in [0.15, 0.2) is 42.5 Å². The summed E-state index contributed by atoms with van der Waals surface area (Å²) < 4.78 is 0. The highest BCUT2D eigenvalue weighted by Crippen LogP contribution is 2.16. The van der Waals surface area contributed by atoms with E-state index in [1.165, 1.54) is 11.1 Å². The van der Waals surface area contributed by atoms with Gasteiger partial charge in [0.1, 0.15) is 0 Å². The predicted molar refractivity (Wildman–Crippen MR) is 87.9 cm³/mol. The molecule has 21 heavy (non-hydrogen) atoms. The first-order valence-corrected chi connectivity index (χ1v) is 7.17. The number of nitrogens with one attached hydrogen (secondary N) is 1. The number of anilines is 1. The molecule has 0 fully saturated rings. The summed E-state index contributed by atoms with van der Waals surface area (Å²) in [5.41, 5.74) is 4.25. The highest BCUT2D eigenvalue weighted by atomic mass is 35.5. The summed E-state index contributed by atoms with van der Waals surface area (Å²) in [5.74, 6) is 0. The van der Waals surface area contributed by atoms with Crippen molar-refractivity contribution in [1.29, 1.82) is 0 Å². The van der Waals surface area contributed by atoms with Gasteiger partial charge in [-0.05, 0) is 43.2 Å². The van der Waals surface area contributed by atoms with Crippen LogP contribution in [0.1, 0.15) is 16.7 Å². The lowest BCUT2D eigenvalue weighted by Crippen LogP contribution is -2.31. The van der Waals surface area contributed by atoms with Crippen LogP contribution in [0.25, 0.3) is 0 Å². The van der Waals surface area contributed by atoms with E-state index in [9.17, 15) is 4.79 Å². The van der Waals surface area contributed by atoms with E-state index in [-0.39, 0.29) is 6.03 Å². The molecule has 0 aliphatic carbocycles. The van der Waals surface area contributed by atoms with Gasteiger partial charge in [0.25, 0.3) is 0 Å². The average Bonchev–Trinajstić information content (AvgIpc) is 2.41. The first-order valence-electron chi connectivity index (χ1n) is 6.79. The van der Waals surface area contributed by atoms with Crippen molar-refractivity contribution in [1.82, 2.24) is 4.90 Å². The Balaban J connectivity index is 2.02. The van der Waals surface area contributed by atoms with Crippen molar-refractivity contribution in [2.45, 2.75) is 20.4 Å². The smallest absolute Gasteiger partial charge is 0.321 e. The summed E-state index contributed by atoms with van der Waals surface area (Å²) in [4.78, 5) is 13.8. The van der Waals surface area contributed by atoms with E-state index < -0.39 is 0 Å². The van der Waals surface area contributed by atoms with E-state index in [1.54, 1.807) is 24.1 Å². The van der Waals surface area contributed by atoms with Crippen molar-refractivity contribution in [3.63, 3.8) is 0 Å². The van der Waals surface area contributed by atoms with Crippen molar-refractivity contribution >= 4 is 23.3 Å². The minimum absolute atomic E-state index is 0.155. The molecule has 0 aromatic heterocycles. The zero-order valence-corrected chi connectivity index (χ0v) is 13.2. The molecule has 0 unspecified atom stereocenters. The van der Waals surface area contributed by atoms with Gasteiger partial charge in [-0.15, -0.1) is 0 Å². The monoisotopic (exact) mass is 302 g/mol. The van der Waals surface area contributed by atoms with Crippen molar-refractivity contribution in [2.24, 2.45) is 0 Å². The average molecular weight is 303 g/mol. The van der Waals surface area contributed by atoms with Gasteiger partial charge in [-0.1, -0.05) is 41.4 Å². The minimum atomic E-state index is -0.155. The topological polar surface area (TPSA) is 32.3 Å². The Kier molecular flexibility index (Phi) is 4.86. The minimum Gasteiger partial charge on any atom is -0.323 e. The quantitative estimate of drug-likeness (QED) is 0.881. The number of urea groups is 1. The second kappa shape index (κ2) is 6.64. The molecule has 0 radical (unpaired) electrons. The second-order valence-electron chi connectivity index (χ2n) is 5.23. The predicted octanol–water partition coefficient (Wildman–Crippen LogP) is 4.62. The van der Waals surface area contributed by atoms with Crippen LogP contribution >= 0.6 is 11.6 Å². The van der Waals surface area contributed by atoms with E-state index in [1.807, 2.05) is 12.1 Å². The second-order valence-corrected chi connectivity index (χ2v) is 5.66. The summed E-state index contributed by atoms with van der Waals surface area (Å²) in [5, 5.41) is 3.44. The summed E-state index contributed by atoms with van der Waals surface area (Å²) in [6.45, 7) is 4.69. The fourth-order valence-electron chi connectivity index (χ4n) is 2.14. The SMILES string of the molecule is Cc1ccc(CN(C)C(=O)Nc2cccc(Cl)c2)c(C)c1. The van der Waals surface area contributed by atoms with Crippen molar-refractivity contribution < 1.29 is 4.79 Å².